The molecule has 0 saturated carbocycles. The topological polar surface area (TPSA) is 83.8 Å². The number of fused-ring (bicyclic) bond motifs is 1. The first-order valence-corrected chi connectivity index (χ1v) is 12.8. The lowest BCUT2D eigenvalue weighted by Crippen LogP contribution is -2.40. The molecule has 2 aliphatic heterocycles. The Morgan fingerprint density at radius 2 is 1.75 bits per heavy atom. The molecule has 3 atom stereocenters. The van der Waals surface area contributed by atoms with Gasteiger partial charge in [0.15, 0.2) is 0 Å². The fourth-order valence-electron chi connectivity index (χ4n) is 5.43. The number of likely N-dealkylation sites (tertiary alicyclic amines) is 1. The van der Waals surface area contributed by atoms with E-state index in [1.165, 1.54) is 0 Å². The molecule has 3 unspecified atom stereocenters. The highest BCUT2D eigenvalue weighted by Gasteiger charge is 2.37. The maximum Gasteiger partial charge on any atom is 0.270 e. The number of benzene rings is 2. The largest absolute Gasteiger partial charge is 0.386 e. The molecule has 7 heteroatoms. The van der Waals surface area contributed by atoms with Crippen LogP contribution in [0.2, 0.25) is 0 Å². The highest BCUT2D eigenvalue weighted by atomic mass is 16.5. The molecule has 0 aliphatic carbocycles. The second kappa shape index (κ2) is 10.7. The Labute approximate surface area is 211 Å². The summed E-state index contributed by atoms with van der Waals surface area (Å²) in [7, 11) is 0. The van der Waals surface area contributed by atoms with E-state index < -0.39 is 6.10 Å². The minimum atomic E-state index is -0.754. The van der Waals surface area contributed by atoms with Crippen molar-refractivity contribution in [1.29, 1.82) is 0 Å². The molecule has 0 bridgehead atoms. The van der Waals surface area contributed by atoms with E-state index in [1.807, 2.05) is 72.2 Å². The molecule has 2 aromatic carbocycles. The molecule has 1 aromatic heterocycles. The Hall–Kier alpha value is -3.42. The van der Waals surface area contributed by atoms with Gasteiger partial charge in [0.1, 0.15) is 5.69 Å². The Morgan fingerprint density at radius 1 is 1.06 bits per heavy atom. The normalized spacial score (nSPS) is 18.9. The quantitative estimate of drug-likeness (QED) is 0.522. The third-order valence-corrected chi connectivity index (χ3v) is 7.35. The van der Waals surface area contributed by atoms with Gasteiger partial charge in [-0.25, -0.2) is 0 Å². The van der Waals surface area contributed by atoms with E-state index in [-0.39, 0.29) is 30.5 Å². The summed E-state index contributed by atoms with van der Waals surface area (Å²) in [4.78, 5) is 29.0. The molecule has 0 spiro atoms. The van der Waals surface area contributed by atoms with Crippen molar-refractivity contribution in [2.45, 2.75) is 57.5 Å². The van der Waals surface area contributed by atoms with Gasteiger partial charge in [-0.05, 0) is 36.5 Å². The molecule has 7 nitrogen and oxygen atoms in total. The summed E-state index contributed by atoms with van der Waals surface area (Å²) in [6, 6.07) is 20.7. The number of amides is 2. The number of carbonyl (C=O) groups excluding carboxylic acids is 2. The number of aliphatic hydroxyl groups is 1. The molecular weight excluding hydrogens is 454 g/mol. The van der Waals surface area contributed by atoms with Crippen LogP contribution in [0.4, 0.5) is 0 Å². The summed E-state index contributed by atoms with van der Waals surface area (Å²) in [6.45, 7) is 3.91. The Balaban J connectivity index is 1.42. The van der Waals surface area contributed by atoms with Crippen LogP contribution in [0.25, 0.3) is 0 Å². The molecule has 2 amide bonds. The van der Waals surface area contributed by atoms with E-state index in [1.54, 1.807) is 11.0 Å². The first-order chi connectivity index (χ1) is 17.6. The number of hydrogen-bond acceptors (Lipinski definition) is 4. The molecule has 5 rings (SSSR count). The molecule has 1 fully saturated rings. The smallest absolute Gasteiger partial charge is 0.270 e. The van der Waals surface area contributed by atoms with Crippen molar-refractivity contribution >= 4 is 11.8 Å². The second-order valence-electron chi connectivity index (χ2n) is 9.50. The van der Waals surface area contributed by atoms with Gasteiger partial charge in [0.2, 0.25) is 0 Å². The summed E-state index contributed by atoms with van der Waals surface area (Å²) < 4.78 is 7.60. The molecule has 1 saturated heterocycles. The fraction of sp³-hybridized carbons (Fsp3) is 0.379. The minimum absolute atomic E-state index is 0.123. The number of aromatic nitrogens is 1. The van der Waals surface area contributed by atoms with E-state index in [4.69, 9.17) is 4.74 Å². The van der Waals surface area contributed by atoms with Crippen molar-refractivity contribution in [3.05, 3.63) is 94.8 Å². The number of nitrogens with zero attached hydrogens (tertiary/aromatic N) is 2. The average Bonchev–Trinajstić information content (AvgIpc) is 3.57. The number of ether oxygens (including phenoxy) is 1. The first kappa shape index (κ1) is 24.3. The zero-order valence-corrected chi connectivity index (χ0v) is 20.6. The van der Waals surface area contributed by atoms with Crippen LogP contribution in [-0.4, -0.2) is 45.6 Å². The van der Waals surface area contributed by atoms with Crippen LogP contribution in [0.1, 0.15) is 76.0 Å². The molecule has 0 radical (unpaired) electrons. The molecule has 2 aliphatic rings. The summed E-state index contributed by atoms with van der Waals surface area (Å²) in [5, 5.41) is 14.2. The van der Waals surface area contributed by atoms with Crippen LogP contribution in [0.3, 0.4) is 0 Å². The zero-order chi connectivity index (χ0) is 25.1. The molecular formula is C29H33N3O4. The van der Waals surface area contributed by atoms with Crippen molar-refractivity contribution in [2.75, 3.05) is 13.2 Å². The fourth-order valence-corrected chi connectivity index (χ4v) is 5.43. The molecule has 3 aromatic rings. The third-order valence-electron chi connectivity index (χ3n) is 7.35. The minimum Gasteiger partial charge on any atom is -0.386 e. The van der Waals surface area contributed by atoms with Gasteiger partial charge in [0.05, 0.1) is 42.7 Å². The maximum absolute atomic E-state index is 13.8. The van der Waals surface area contributed by atoms with E-state index in [0.717, 1.165) is 36.1 Å². The summed E-state index contributed by atoms with van der Waals surface area (Å²) in [5.74, 6) is -0.355. The molecule has 3 heterocycles. The van der Waals surface area contributed by atoms with Crippen LogP contribution in [-0.2, 0) is 17.9 Å². The van der Waals surface area contributed by atoms with Gasteiger partial charge in [0.25, 0.3) is 11.8 Å². The van der Waals surface area contributed by atoms with Gasteiger partial charge in [-0.3, -0.25) is 9.59 Å². The van der Waals surface area contributed by atoms with Crippen LogP contribution >= 0.6 is 0 Å². The van der Waals surface area contributed by atoms with Crippen molar-refractivity contribution in [3.63, 3.8) is 0 Å². The van der Waals surface area contributed by atoms with Gasteiger partial charge >= 0.3 is 0 Å². The number of nitrogens with one attached hydrogen (secondary N) is 1. The number of hydrogen-bond donors (Lipinski definition) is 2. The lowest BCUT2D eigenvalue weighted by atomic mass is 10.00. The Kier molecular flexibility index (Phi) is 7.20. The predicted octanol–water partition coefficient (Wildman–Crippen LogP) is 4.24. The van der Waals surface area contributed by atoms with Crippen LogP contribution in [0.5, 0.6) is 0 Å². The predicted molar refractivity (Wildman–Crippen MR) is 136 cm³/mol. The molecule has 2 N–H and O–H groups in total. The van der Waals surface area contributed by atoms with Crippen molar-refractivity contribution in [3.8, 4) is 0 Å². The van der Waals surface area contributed by atoms with Crippen molar-refractivity contribution in [1.82, 2.24) is 14.8 Å². The van der Waals surface area contributed by atoms with Crippen molar-refractivity contribution in [2.24, 2.45) is 0 Å². The van der Waals surface area contributed by atoms with Gasteiger partial charge in [-0.2, -0.15) is 0 Å². The first-order valence-electron chi connectivity index (χ1n) is 12.8. The lowest BCUT2D eigenvalue weighted by molar-refractivity contribution is 0.0462. The summed E-state index contributed by atoms with van der Waals surface area (Å²) in [5.41, 5.74) is 3.54. The van der Waals surface area contributed by atoms with Gasteiger partial charge in [0, 0.05) is 13.1 Å². The monoisotopic (exact) mass is 487 g/mol. The standard InChI is InChI=1S/C29H33N3O4/c1-2-23(20-10-5-3-6-11-20)30-28(34)22-18-25(31-16-17-36-19-26(22)31)29(35)32-15-9-14-24(32)27(33)21-12-7-4-8-13-21/h3-8,10-13,18,23-24,27,33H,2,9,14-17,19H2,1H3,(H,30,34). The third kappa shape index (κ3) is 4.68. The summed E-state index contributed by atoms with van der Waals surface area (Å²) in [6.07, 6.45) is 1.57. The summed E-state index contributed by atoms with van der Waals surface area (Å²) >= 11 is 0. The number of aliphatic hydroxyl groups excluding tert-OH is 1. The van der Waals surface area contributed by atoms with E-state index >= 15 is 0 Å². The Morgan fingerprint density at radius 3 is 2.44 bits per heavy atom. The molecule has 188 valence electrons. The van der Waals surface area contributed by atoms with Gasteiger partial charge in [-0.15, -0.1) is 0 Å². The van der Waals surface area contributed by atoms with Crippen LogP contribution in [0, 0.1) is 0 Å². The van der Waals surface area contributed by atoms with Gasteiger partial charge in [-0.1, -0.05) is 67.6 Å². The maximum atomic E-state index is 13.8. The van der Waals surface area contributed by atoms with Crippen LogP contribution in [0.15, 0.2) is 66.7 Å². The van der Waals surface area contributed by atoms with Crippen molar-refractivity contribution < 1.29 is 19.4 Å². The number of rotatable bonds is 7. The molecule has 36 heavy (non-hydrogen) atoms. The SMILES string of the molecule is CCC(NC(=O)c1cc(C(=O)N2CCCC2C(O)c2ccccc2)n2c1COCC2)c1ccccc1. The second-order valence-corrected chi connectivity index (χ2v) is 9.50. The highest BCUT2D eigenvalue weighted by Crippen LogP contribution is 2.32. The van der Waals surface area contributed by atoms with E-state index in [2.05, 4.69) is 5.32 Å². The zero-order valence-electron chi connectivity index (χ0n) is 20.6. The Bertz CT molecular complexity index is 1210. The average molecular weight is 488 g/mol. The van der Waals surface area contributed by atoms with E-state index in [0.29, 0.717) is 31.0 Å². The van der Waals surface area contributed by atoms with Gasteiger partial charge < -0.3 is 24.6 Å². The van der Waals surface area contributed by atoms with E-state index in [9.17, 15) is 14.7 Å². The lowest BCUT2D eigenvalue weighted by Gasteiger charge is -2.30. The number of carbonyl (C=O) groups is 2. The highest BCUT2D eigenvalue weighted by molar-refractivity contribution is 6.01. The van der Waals surface area contributed by atoms with Crippen LogP contribution < -0.4 is 5.32 Å².